The van der Waals surface area contributed by atoms with E-state index in [9.17, 15) is 0 Å². The normalized spacial score (nSPS) is 11.7. The summed E-state index contributed by atoms with van der Waals surface area (Å²) in [4.78, 5) is 0. The first-order chi connectivity index (χ1) is 62.5. The van der Waals surface area contributed by atoms with Crippen LogP contribution in [0, 0.1) is 0 Å². The molecule has 0 amide bonds. The molecule has 2 heteroatoms. The maximum atomic E-state index is 2.43. The Morgan fingerprint density at radius 1 is 0.111 bits per heavy atom. The summed E-state index contributed by atoms with van der Waals surface area (Å²) in [5.74, 6) is 0. The number of nitrogens with zero attached hydrogens (tertiary/aromatic N) is 2. The number of para-hydroxylation sites is 5. The van der Waals surface area contributed by atoms with Crippen LogP contribution < -0.4 is 0 Å². The molecule has 0 fully saturated rings. The van der Waals surface area contributed by atoms with Crippen LogP contribution in [0.4, 0.5) is 0 Å². The van der Waals surface area contributed by atoms with Crippen molar-refractivity contribution < 1.29 is 0 Å². The third kappa shape index (κ3) is 12.6. The van der Waals surface area contributed by atoms with Gasteiger partial charge in [-0.1, -0.05) is 394 Å². The van der Waals surface area contributed by atoms with E-state index in [4.69, 9.17) is 0 Å². The van der Waals surface area contributed by atoms with Crippen LogP contribution in [0.5, 0.6) is 0 Å². The van der Waals surface area contributed by atoms with Crippen molar-refractivity contribution in [3.05, 3.63) is 485 Å². The Balaban J connectivity index is 0.000000106. The van der Waals surface area contributed by atoms with Crippen LogP contribution in [0.2, 0.25) is 0 Å². The van der Waals surface area contributed by atoms with Crippen molar-refractivity contribution in [2.24, 2.45) is 0 Å². The van der Waals surface area contributed by atoms with E-state index in [1.54, 1.807) is 0 Å². The molecule has 26 aromatic rings. The molecule has 0 aliphatic heterocycles. The van der Waals surface area contributed by atoms with Gasteiger partial charge in [-0.3, -0.25) is 0 Å². The van der Waals surface area contributed by atoms with Crippen molar-refractivity contribution in [3.8, 4) is 89.3 Å². The Hall–Kier alpha value is -16.5. The molecular formula is C124H80N2. The van der Waals surface area contributed by atoms with E-state index in [2.05, 4.69) is 494 Å². The smallest absolute Gasteiger partial charge is 0.0619 e. The molecular weight excluding hydrogens is 1520 g/mol. The number of aromatic nitrogens is 2. The van der Waals surface area contributed by atoms with Crippen LogP contribution in [-0.2, 0) is 0 Å². The highest BCUT2D eigenvalue weighted by molar-refractivity contribution is 6.29. The summed E-state index contributed by atoms with van der Waals surface area (Å²) in [5, 5.41) is 31.0. The van der Waals surface area contributed by atoms with Gasteiger partial charge in [0, 0.05) is 38.5 Å². The maximum Gasteiger partial charge on any atom is 0.0619 e. The fraction of sp³-hybridized carbons (Fsp3) is 0. The lowest BCUT2D eigenvalue weighted by atomic mass is 9.89. The first-order valence-corrected chi connectivity index (χ1v) is 43.6. The molecule has 0 saturated carbocycles. The molecule has 24 aromatic carbocycles. The van der Waals surface area contributed by atoms with Crippen LogP contribution >= 0.6 is 0 Å². The van der Waals surface area contributed by atoms with E-state index in [1.165, 1.54) is 241 Å². The van der Waals surface area contributed by atoms with Gasteiger partial charge in [0.2, 0.25) is 0 Å². The van der Waals surface area contributed by atoms with Gasteiger partial charge in [-0.05, 0) is 271 Å². The monoisotopic (exact) mass is 1600 g/mol. The largest absolute Gasteiger partial charge is 0.309 e. The topological polar surface area (TPSA) is 9.86 Å². The molecule has 0 bridgehead atoms. The van der Waals surface area contributed by atoms with Crippen LogP contribution in [0.1, 0.15) is 0 Å². The summed E-state index contributed by atoms with van der Waals surface area (Å²) in [6, 6.07) is 177. The second kappa shape index (κ2) is 30.9. The van der Waals surface area contributed by atoms with Gasteiger partial charge in [0.25, 0.3) is 0 Å². The molecule has 0 atom stereocenters. The molecule has 0 aliphatic rings. The molecule has 126 heavy (non-hydrogen) atoms. The second-order valence-electron chi connectivity index (χ2n) is 33.2. The number of rotatable bonds is 9. The first kappa shape index (κ1) is 73.4. The lowest BCUT2D eigenvalue weighted by Gasteiger charge is -2.16. The molecule has 2 heterocycles. The van der Waals surface area contributed by atoms with E-state index >= 15 is 0 Å². The number of fused-ring (bicyclic) bond motifs is 25. The van der Waals surface area contributed by atoms with E-state index in [1.807, 2.05) is 0 Å². The van der Waals surface area contributed by atoms with Gasteiger partial charge in [0.1, 0.15) is 0 Å². The molecule has 26 rings (SSSR count). The van der Waals surface area contributed by atoms with E-state index in [-0.39, 0.29) is 0 Å². The maximum absolute atomic E-state index is 2.43. The van der Waals surface area contributed by atoms with Crippen LogP contribution in [0.15, 0.2) is 485 Å². The minimum atomic E-state index is 1.17. The number of benzene rings is 24. The third-order valence-corrected chi connectivity index (χ3v) is 26.2. The van der Waals surface area contributed by atoms with Crippen molar-refractivity contribution in [1.29, 1.82) is 0 Å². The van der Waals surface area contributed by atoms with Crippen molar-refractivity contribution in [3.63, 3.8) is 0 Å². The Morgan fingerprint density at radius 2 is 0.397 bits per heavy atom. The highest BCUT2D eigenvalue weighted by Gasteiger charge is 2.22. The third-order valence-electron chi connectivity index (χ3n) is 26.2. The van der Waals surface area contributed by atoms with Crippen LogP contribution in [0.3, 0.4) is 0 Å². The Labute approximate surface area is 729 Å². The molecule has 0 radical (unpaired) electrons. The average molecular weight is 1600 g/mol. The van der Waals surface area contributed by atoms with Crippen LogP contribution in [-0.4, -0.2) is 9.13 Å². The second-order valence-corrected chi connectivity index (χ2v) is 33.2. The Morgan fingerprint density at radius 3 is 0.889 bits per heavy atom. The molecule has 0 saturated heterocycles. The van der Waals surface area contributed by atoms with Gasteiger partial charge in [-0.2, -0.15) is 0 Å². The van der Waals surface area contributed by atoms with Crippen molar-refractivity contribution >= 4 is 151 Å². The zero-order chi connectivity index (χ0) is 83.1. The molecule has 0 unspecified atom stereocenters. The minimum absolute atomic E-state index is 1.17. The molecule has 0 aliphatic carbocycles. The Bertz CT molecular complexity index is 8720. The highest BCUT2D eigenvalue weighted by Crippen LogP contribution is 2.47. The fourth-order valence-electron chi connectivity index (χ4n) is 20.4. The number of hydrogen-bond acceptors (Lipinski definition) is 0. The first-order valence-electron chi connectivity index (χ1n) is 43.6. The van der Waals surface area contributed by atoms with E-state index in [0.29, 0.717) is 0 Å². The summed E-state index contributed by atoms with van der Waals surface area (Å²) in [5.41, 5.74) is 24.5. The van der Waals surface area contributed by atoms with Gasteiger partial charge in [0.15, 0.2) is 0 Å². The van der Waals surface area contributed by atoms with Crippen molar-refractivity contribution in [1.82, 2.24) is 9.13 Å². The average Bonchev–Trinajstić information content (AvgIpc) is 1.40. The lowest BCUT2D eigenvalue weighted by Crippen LogP contribution is -1.96. The van der Waals surface area contributed by atoms with Crippen LogP contribution in [0.25, 0.3) is 241 Å². The SMILES string of the molecule is c1ccc(-c2cccc(-c3cc(-c4ccccc4)c4ccc(-c5ccc6c7ccccc7c7ccccc7c6c5)cc4c3)c2)cc1.c1ccc(-n2c3ccccc3c3cc(-c4ccc5c6ccccc6c6ccccc6c5c4)ccc32)cc1.c1ccc(-n2c3ccccc3c3cccc(-c4ccccc4-c4ccc5c6ccccc6c6ccccc6c5c4)c32)cc1. The molecule has 0 spiro atoms. The summed E-state index contributed by atoms with van der Waals surface area (Å²) in [6.45, 7) is 0. The fourth-order valence-corrected chi connectivity index (χ4v) is 20.4. The van der Waals surface area contributed by atoms with Crippen molar-refractivity contribution in [2.45, 2.75) is 0 Å². The summed E-state index contributed by atoms with van der Waals surface area (Å²) >= 11 is 0. The zero-order valence-corrected chi connectivity index (χ0v) is 69.1. The standard InChI is InChI=1S/C46H30.C42H27N.C36H23N/c1-3-12-31(13-4-1)33-16-11-17-34(26-33)37-28-38-27-35(22-24-39(38)45(30-37)32-14-5-2-6-15-32)36-23-25-44-42-20-8-7-18-40(42)41-19-9-10-21-43(41)46(44)29-36;1-2-13-29(14-3-1)43-41-24-11-10-21-37(41)39-23-12-22-38(42(39)43)31-16-5-4-15-30(31)28-25-26-36-34-19-7-6-17-32(34)33-18-8-9-20-35(33)40(36)27-28;1-2-10-26(11-3-1)37-35-17-9-8-16-32(35)34-23-25(19-21-36(34)37)24-18-20-31-29-14-5-4-12-27(29)28-13-6-7-15-30(28)33(31)22-24/h1-30H;1-27H;1-23H. The molecule has 586 valence electrons. The van der Waals surface area contributed by atoms with Gasteiger partial charge in [-0.25, -0.2) is 0 Å². The highest BCUT2D eigenvalue weighted by atomic mass is 15.0. The molecule has 2 aromatic heterocycles. The van der Waals surface area contributed by atoms with Gasteiger partial charge in [0.05, 0.1) is 22.1 Å². The van der Waals surface area contributed by atoms with Gasteiger partial charge in [-0.15, -0.1) is 0 Å². The van der Waals surface area contributed by atoms with Crippen molar-refractivity contribution in [2.75, 3.05) is 0 Å². The Kier molecular flexibility index (Phi) is 18.0. The van der Waals surface area contributed by atoms with E-state index in [0.717, 1.165) is 0 Å². The quantitative estimate of drug-likeness (QED) is 0.128. The zero-order valence-electron chi connectivity index (χ0n) is 69.1. The predicted octanol–water partition coefficient (Wildman–Crippen LogP) is 34.5. The summed E-state index contributed by atoms with van der Waals surface area (Å²) < 4.78 is 4.80. The van der Waals surface area contributed by atoms with Gasteiger partial charge >= 0.3 is 0 Å². The molecule has 2 nitrogen and oxygen atoms in total. The molecule has 0 N–H and O–H groups in total. The summed E-state index contributed by atoms with van der Waals surface area (Å²) in [6.07, 6.45) is 0. The predicted molar refractivity (Wildman–Crippen MR) is 541 cm³/mol. The van der Waals surface area contributed by atoms with E-state index < -0.39 is 0 Å². The minimum Gasteiger partial charge on any atom is -0.309 e. The summed E-state index contributed by atoms with van der Waals surface area (Å²) in [7, 11) is 0. The van der Waals surface area contributed by atoms with Gasteiger partial charge < -0.3 is 9.13 Å². The lowest BCUT2D eigenvalue weighted by molar-refractivity contribution is 1.18. The number of hydrogen-bond donors (Lipinski definition) is 0.